The summed E-state index contributed by atoms with van der Waals surface area (Å²) >= 11 is 0. The SMILES string of the molecule is CC(C)N1C[C@H](C)N(C)c2cc(-c3cnn(C)c3)c(C#N)cc21. The summed E-state index contributed by atoms with van der Waals surface area (Å²) in [5, 5.41) is 13.9. The lowest BCUT2D eigenvalue weighted by atomic mass is 9.97. The number of nitriles is 1. The topological polar surface area (TPSA) is 48.1 Å². The van der Waals surface area contributed by atoms with E-state index in [4.69, 9.17) is 0 Å². The second-order valence-corrected chi connectivity index (χ2v) is 6.61. The smallest absolute Gasteiger partial charge is 0.0999 e. The van der Waals surface area contributed by atoms with Gasteiger partial charge in [0.25, 0.3) is 0 Å². The summed E-state index contributed by atoms with van der Waals surface area (Å²) in [4.78, 5) is 4.68. The highest BCUT2D eigenvalue weighted by Crippen LogP contribution is 2.40. The Hall–Kier alpha value is -2.48. The molecule has 2 aromatic rings. The van der Waals surface area contributed by atoms with Gasteiger partial charge in [-0.05, 0) is 32.9 Å². The first-order valence-corrected chi connectivity index (χ1v) is 7.99. The Morgan fingerprint density at radius 2 is 2.00 bits per heavy atom. The Labute approximate surface area is 137 Å². The predicted molar refractivity (Wildman–Crippen MR) is 93.7 cm³/mol. The first-order valence-electron chi connectivity index (χ1n) is 7.99. The van der Waals surface area contributed by atoms with Crippen LogP contribution in [0.2, 0.25) is 0 Å². The summed E-state index contributed by atoms with van der Waals surface area (Å²) < 4.78 is 1.77. The molecule has 2 heterocycles. The minimum Gasteiger partial charge on any atom is -0.368 e. The maximum atomic E-state index is 9.62. The molecule has 1 aromatic heterocycles. The number of aryl methyl sites for hydroxylation is 1. The number of fused-ring (bicyclic) bond motifs is 1. The van der Waals surface area contributed by atoms with Crippen LogP contribution in [0.25, 0.3) is 11.1 Å². The highest BCUT2D eigenvalue weighted by Gasteiger charge is 2.28. The molecule has 0 spiro atoms. The van der Waals surface area contributed by atoms with E-state index in [0.717, 1.165) is 23.4 Å². The van der Waals surface area contributed by atoms with Crippen LogP contribution in [0.5, 0.6) is 0 Å². The molecule has 3 rings (SSSR count). The van der Waals surface area contributed by atoms with E-state index in [1.807, 2.05) is 25.5 Å². The lowest BCUT2D eigenvalue weighted by Gasteiger charge is -2.43. The molecule has 0 radical (unpaired) electrons. The van der Waals surface area contributed by atoms with Gasteiger partial charge in [0, 0.05) is 50.0 Å². The molecule has 0 N–H and O–H groups in total. The zero-order chi connectivity index (χ0) is 16.7. The van der Waals surface area contributed by atoms with Crippen LogP contribution in [0.1, 0.15) is 26.3 Å². The van der Waals surface area contributed by atoms with Crippen molar-refractivity contribution in [3.63, 3.8) is 0 Å². The van der Waals surface area contributed by atoms with Crippen molar-refractivity contribution in [3.05, 3.63) is 30.1 Å². The molecule has 0 amide bonds. The zero-order valence-electron chi connectivity index (χ0n) is 14.4. The summed E-state index contributed by atoms with van der Waals surface area (Å²) in [6, 6.07) is 7.35. The van der Waals surface area contributed by atoms with Crippen molar-refractivity contribution in [2.75, 3.05) is 23.4 Å². The van der Waals surface area contributed by atoms with Gasteiger partial charge in [-0.3, -0.25) is 4.68 Å². The monoisotopic (exact) mass is 309 g/mol. The molecule has 1 aromatic carbocycles. The Kier molecular flexibility index (Phi) is 3.77. The molecule has 1 aliphatic heterocycles. The van der Waals surface area contributed by atoms with Gasteiger partial charge >= 0.3 is 0 Å². The highest BCUT2D eigenvalue weighted by atomic mass is 15.3. The molecule has 1 aliphatic rings. The maximum Gasteiger partial charge on any atom is 0.0999 e. The minimum atomic E-state index is 0.403. The van der Waals surface area contributed by atoms with Gasteiger partial charge in [-0.1, -0.05) is 0 Å². The second kappa shape index (κ2) is 5.62. The van der Waals surface area contributed by atoms with Gasteiger partial charge in [0.05, 0.1) is 29.2 Å². The highest BCUT2D eigenvalue weighted by molar-refractivity contribution is 5.84. The van der Waals surface area contributed by atoms with Crippen molar-refractivity contribution < 1.29 is 0 Å². The number of likely N-dealkylation sites (N-methyl/N-ethyl adjacent to an activating group) is 1. The minimum absolute atomic E-state index is 0.403. The number of rotatable bonds is 2. The van der Waals surface area contributed by atoms with Gasteiger partial charge in [0.2, 0.25) is 0 Å². The van der Waals surface area contributed by atoms with Gasteiger partial charge < -0.3 is 9.80 Å². The Balaban J connectivity index is 2.21. The molecule has 5 nitrogen and oxygen atoms in total. The van der Waals surface area contributed by atoms with Crippen molar-refractivity contribution in [2.45, 2.75) is 32.9 Å². The van der Waals surface area contributed by atoms with Crippen molar-refractivity contribution in [1.29, 1.82) is 5.26 Å². The van der Waals surface area contributed by atoms with E-state index in [9.17, 15) is 5.26 Å². The number of hydrogen-bond acceptors (Lipinski definition) is 4. The molecule has 0 fully saturated rings. The largest absolute Gasteiger partial charge is 0.368 e. The Morgan fingerprint density at radius 3 is 2.57 bits per heavy atom. The van der Waals surface area contributed by atoms with Gasteiger partial charge in [-0.25, -0.2) is 0 Å². The van der Waals surface area contributed by atoms with Gasteiger partial charge in [-0.15, -0.1) is 0 Å². The van der Waals surface area contributed by atoms with Crippen LogP contribution in [-0.4, -0.2) is 35.5 Å². The van der Waals surface area contributed by atoms with E-state index in [1.165, 1.54) is 5.69 Å². The van der Waals surface area contributed by atoms with Crippen LogP contribution in [0, 0.1) is 11.3 Å². The van der Waals surface area contributed by atoms with Crippen LogP contribution >= 0.6 is 0 Å². The molecule has 0 saturated carbocycles. The first kappa shape index (κ1) is 15.4. The first-order chi connectivity index (χ1) is 10.9. The fraction of sp³-hybridized carbons (Fsp3) is 0.444. The van der Waals surface area contributed by atoms with Crippen molar-refractivity contribution in [2.24, 2.45) is 7.05 Å². The van der Waals surface area contributed by atoms with Crippen molar-refractivity contribution in [1.82, 2.24) is 9.78 Å². The van der Waals surface area contributed by atoms with Crippen molar-refractivity contribution >= 4 is 11.4 Å². The summed E-state index contributed by atoms with van der Waals surface area (Å²) in [6.45, 7) is 7.60. The van der Waals surface area contributed by atoms with Crippen molar-refractivity contribution in [3.8, 4) is 17.2 Å². The molecule has 0 unspecified atom stereocenters. The normalized spacial score (nSPS) is 17.3. The number of anilines is 2. The quantitative estimate of drug-likeness (QED) is 0.855. The average Bonchev–Trinajstić information content (AvgIpc) is 2.95. The molecule has 0 aliphatic carbocycles. The van der Waals surface area contributed by atoms with E-state index >= 15 is 0 Å². The third-order valence-corrected chi connectivity index (χ3v) is 4.69. The molecule has 0 bridgehead atoms. The molecule has 1 atom stereocenters. The summed E-state index contributed by atoms with van der Waals surface area (Å²) in [5.74, 6) is 0. The number of benzene rings is 1. The van der Waals surface area contributed by atoms with Gasteiger partial charge in [0.15, 0.2) is 0 Å². The van der Waals surface area contributed by atoms with Gasteiger partial charge in [-0.2, -0.15) is 10.4 Å². The lowest BCUT2D eigenvalue weighted by Crippen LogP contribution is -2.48. The maximum absolute atomic E-state index is 9.62. The third-order valence-electron chi connectivity index (χ3n) is 4.69. The molecule has 23 heavy (non-hydrogen) atoms. The summed E-state index contributed by atoms with van der Waals surface area (Å²) in [5.41, 5.74) is 4.95. The lowest BCUT2D eigenvalue weighted by molar-refractivity contribution is 0.578. The summed E-state index contributed by atoms with van der Waals surface area (Å²) in [6.07, 6.45) is 3.77. The molecule has 5 heteroatoms. The Morgan fingerprint density at radius 1 is 1.26 bits per heavy atom. The molecular formula is C18H23N5. The predicted octanol–water partition coefficient (Wildman–Crippen LogP) is 3.01. The van der Waals surface area contributed by atoms with E-state index in [-0.39, 0.29) is 0 Å². The number of hydrogen-bond donors (Lipinski definition) is 0. The fourth-order valence-electron chi connectivity index (χ4n) is 3.21. The van der Waals surface area contributed by atoms with E-state index in [2.05, 4.69) is 54.9 Å². The molecular weight excluding hydrogens is 286 g/mol. The second-order valence-electron chi connectivity index (χ2n) is 6.61. The number of nitrogens with zero attached hydrogens (tertiary/aromatic N) is 5. The van der Waals surface area contributed by atoms with E-state index in [0.29, 0.717) is 17.6 Å². The molecule has 0 saturated heterocycles. The average molecular weight is 309 g/mol. The fourth-order valence-corrected chi connectivity index (χ4v) is 3.21. The van der Waals surface area contributed by atoms with Crippen LogP contribution in [0.15, 0.2) is 24.5 Å². The standard InChI is InChI=1S/C18H23N5/c1-12(2)23-10-13(3)22(5)17-7-16(14(8-19)6-18(17)23)15-9-20-21(4)11-15/h6-7,9,11-13H,10H2,1-5H3/t13-/m0/s1. The number of aromatic nitrogens is 2. The van der Waals surface area contributed by atoms with Crippen LogP contribution < -0.4 is 9.80 Å². The van der Waals surface area contributed by atoms with Gasteiger partial charge in [0.1, 0.15) is 0 Å². The van der Waals surface area contributed by atoms with E-state index in [1.54, 1.807) is 4.68 Å². The third kappa shape index (κ3) is 2.55. The van der Waals surface area contributed by atoms with E-state index < -0.39 is 0 Å². The Bertz CT molecular complexity index is 768. The van der Waals surface area contributed by atoms with Crippen LogP contribution in [-0.2, 0) is 7.05 Å². The molecule has 120 valence electrons. The zero-order valence-corrected chi connectivity index (χ0v) is 14.4. The van der Waals surface area contributed by atoms with Crippen LogP contribution in [0.3, 0.4) is 0 Å². The summed E-state index contributed by atoms with van der Waals surface area (Å²) in [7, 11) is 4.02. The van der Waals surface area contributed by atoms with Crippen LogP contribution in [0.4, 0.5) is 11.4 Å².